The molecule has 0 spiro atoms. The Labute approximate surface area is 194 Å². The Morgan fingerprint density at radius 2 is 1.72 bits per heavy atom. The smallest absolute Gasteiger partial charge is 0.253 e. The number of nitrogens with one attached hydrogen (secondary N) is 2. The molecule has 2 amide bonds. The molecule has 1 saturated heterocycles. The average molecular weight is 478 g/mol. The van der Waals surface area contributed by atoms with Gasteiger partial charge in [0.15, 0.2) is 0 Å². The molecule has 0 radical (unpaired) electrons. The van der Waals surface area contributed by atoms with Crippen LogP contribution < -0.4 is 10.6 Å². The number of rotatable bonds is 5. The number of amides is 2. The molecular weight excluding hydrogens is 450 g/mol. The summed E-state index contributed by atoms with van der Waals surface area (Å²) >= 11 is 5.87. The first-order chi connectivity index (χ1) is 15.0. The zero-order chi connectivity index (χ0) is 23.5. The second-order valence-corrected chi connectivity index (χ2v) is 11.3. The van der Waals surface area contributed by atoms with Crippen molar-refractivity contribution in [2.24, 2.45) is 5.92 Å². The van der Waals surface area contributed by atoms with Crippen molar-refractivity contribution in [3.05, 3.63) is 59.1 Å². The number of anilines is 1. The molecule has 1 heterocycles. The number of para-hydroxylation sites is 1. The maximum atomic E-state index is 13.0. The van der Waals surface area contributed by atoms with Crippen LogP contribution in [0.15, 0.2) is 53.4 Å². The average Bonchev–Trinajstić information content (AvgIpc) is 2.73. The van der Waals surface area contributed by atoms with E-state index >= 15 is 0 Å². The van der Waals surface area contributed by atoms with E-state index in [2.05, 4.69) is 10.6 Å². The first-order valence-electron chi connectivity index (χ1n) is 10.5. The molecule has 1 fully saturated rings. The van der Waals surface area contributed by atoms with Crippen molar-refractivity contribution >= 4 is 39.1 Å². The van der Waals surface area contributed by atoms with Crippen molar-refractivity contribution in [2.75, 3.05) is 18.4 Å². The van der Waals surface area contributed by atoms with Crippen LogP contribution in [0.1, 0.15) is 44.0 Å². The predicted octanol–water partition coefficient (Wildman–Crippen LogP) is 3.91. The van der Waals surface area contributed by atoms with Crippen LogP contribution in [0.3, 0.4) is 0 Å². The minimum absolute atomic E-state index is 0.0765. The van der Waals surface area contributed by atoms with E-state index in [9.17, 15) is 18.0 Å². The van der Waals surface area contributed by atoms with E-state index in [4.69, 9.17) is 11.6 Å². The highest BCUT2D eigenvalue weighted by atomic mass is 35.5. The van der Waals surface area contributed by atoms with E-state index in [1.807, 2.05) is 20.8 Å². The molecule has 3 rings (SSSR count). The van der Waals surface area contributed by atoms with Gasteiger partial charge in [0, 0.05) is 23.7 Å². The third-order valence-electron chi connectivity index (χ3n) is 5.12. The third kappa shape index (κ3) is 5.88. The number of hydrogen-bond acceptors (Lipinski definition) is 4. The lowest BCUT2D eigenvalue weighted by molar-refractivity contribution is -0.120. The fourth-order valence-corrected chi connectivity index (χ4v) is 5.21. The summed E-state index contributed by atoms with van der Waals surface area (Å²) in [5.41, 5.74) is 0.336. The molecule has 0 aliphatic carbocycles. The molecule has 1 aliphatic heterocycles. The number of sulfonamides is 1. The number of hydrogen-bond donors (Lipinski definition) is 2. The first kappa shape index (κ1) is 24.2. The van der Waals surface area contributed by atoms with Crippen LogP contribution in [0.2, 0.25) is 5.02 Å². The quantitative estimate of drug-likeness (QED) is 0.682. The van der Waals surface area contributed by atoms with E-state index in [1.54, 1.807) is 24.3 Å². The van der Waals surface area contributed by atoms with Crippen molar-refractivity contribution in [1.82, 2.24) is 9.62 Å². The molecule has 7 nitrogen and oxygen atoms in total. The SMILES string of the molecule is CC(C)(C)NC(=O)c1ccccc1NC(=O)[C@H]1CCCN(S(=O)(=O)c2ccc(Cl)cc2)C1. The Balaban J connectivity index is 1.74. The summed E-state index contributed by atoms with van der Waals surface area (Å²) in [5, 5.41) is 6.17. The molecular formula is C23H28ClN3O4S. The van der Waals surface area contributed by atoms with Crippen LogP contribution in [0.25, 0.3) is 0 Å². The molecule has 2 aromatic carbocycles. The first-order valence-corrected chi connectivity index (χ1v) is 12.3. The second kappa shape index (κ2) is 9.60. The highest BCUT2D eigenvalue weighted by Crippen LogP contribution is 2.26. The molecule has 32 heavy (non-hydrogen) atoms. The van der Waals surface area contributed by atoms with Gasteiger partial charge >= 0.3 is 0 Å². The van der Waals surface area contributed by atoms with Crippen LogP contribution in [0.4, 0.5) is 5.69 Å². The Morgan fingerprint density at radius 3 is 2.38 bits per heavy atom. The van der Waals surface area contributed by atoms with E-state index < -0.39 is 21.5 Å². The third-order valence-corrected chi connectivity index (χ3v) is 7.26. The van der Waals surface area contributed by atoms with E-state index in [1.165, 1.54) is 28.6 Å². The Kier molecular flexibility index (Phi) is 7.27. The lowest BCUT2D eigenvalue weighted by Gasteiger charge is -2.31. The van der Waals surface area contributed by atoms with Crippen molar-refractivity contribution in [3.8, 4) is 0 Å². The lowest BCUT2D eigenvalue weighted by atomic mass is 9.98. The van der Waals surface area contributed by atoms with Crippen LogP contribution in [0, 0.1) is 5.92 Å². The van der Waals surface area contributed by atoms with Crippen molar-refractivity contribution < 1.29 is 18.0 Å². The van der Waals surface area contributed by atoms with Crippen LogP contribution in [-0.2, 0) is 14.8 Å². The van der Waals surface area contributed by atoms with Crippen LogP contribution in [-0.4, -0.2) is 43.2 Å². The highest BCUT2D eigenvalue weighted by molar-refractivity contribution is 7.89. The van der Waals surface area contributed by atoms with Gasteiger partial charge < -0.3 is 10.6 Å². The van der Waals surface area contributed by atoms with Gasteiger partial charge in [-0.15, -0.1) is 0 Å². The Hall–Kier alpha value is -2.42. The van der Waals surface area contributed by atoms with E-state index in [0.29, 0.717) is 35.7 Å². The number of halogens is 1. The van der Waals surface area contributed by atoms with Crippen LogP contribution in [0.5, 0.6) is 0 Å². The summed E-state index contributed by atoms with van der Waals surface area (Å²) in [7, 11) is -3.73. The number of carbonyl (C=O) groups excluding carboxylic acids is 2. The van der Waals surface area contributed by atoms with Gasteiger partial charge in [0.25, 0.3) is 5.91 Å². The molecule has 0 bridgehead atoms. The molecule has 1 aliphatic rings. The lowest BCUT2D eigenvalue weighted by Crippen LogP contribution is -2.44. The molecule has 1 atom stereocenters. The summed E-state index contributed by atoms with van der Waals surface area (Å²) in [6.07, 6.45) is 1.13. The molecule has 172 valence electrons. The number of nitrogens with zero attached hydrogens (tertiary/aromatic N) is 1. The Bertz CT molecular complexity index is 1090. The zero-order valence-electron chi connectivity index (χ0n) is 18.4. The summed E-state index contributed by atoms with van der Waals surface area (Å²) in [6, 6.07) is 12.8. The molecule has 0 aromatic heterocycles. The summed E-state index contributed by atoms with van der Waals surface area (Å²) < 4.78 is 27.3. The molecule has 0 unspecified atom stereocenters. The maximum absolute atomic E-state index is 13.0. The fraction of sp³-hybridized carbons (Fsp3) is 0.391. The normalized spacial score (nSPS) is 17.6. The summed E-state index contributed by atoms with van der Waals surface area (Å²) in [4.78, 5) is 25.8. The molecule has 2 aromatic rings. The van der Waals surface area contributed by atoms with Gasteiger partial charge in [-0.2, -0.15) is 4.31 Å². The fourth-order valence-electron chi connectivity index (χ4n) is 3.56. The largest absolute Gasteiger partial charge is 0.347 e. The van der Waals surface area contributed by atoms with Gasteiger partial charge in [0.05, 0.1) is 22.1 Å². The second-order valence-electron chi connectivity index (χ2n) is 8.90. The van der Waals surface area contributed by atoms with Gasteiger partial charge in [0.1, 0.15) is 0 Å². The zero-order valence-corrected chi connectivity index (χ0v) is 20.0. The number of piperidine rings is 1. The molecule has 2 N–H and O–H groups in total. The Morgan fingerprint density at radius 1 is 1.06 bits per heavy atom. The van der Waals surface area contributed by atoms with Gasteiger partial charge in [-0.3, -0.25) is 9.59 Å². The maximum Gasteiger partial charge on any atom is 0.253 e. The van der Waals surface area contributed by atoms with Gasteiger partial charge in [-0.05, 0) is 70.0 Å². The summed E-state index contributed by atoms with van der Waals surface area (Å²) in [6.45, 7) is 6.06. The van der Waals surface area contributed by atoms with Crippen molar-refractivity contribution in [2.45, 2.75) is 44.0 Å². The number of carbonyl (C=O) groups is 2. The minimum atomic E-state index is -3.73. The number of benzene rings is 2. The van der Waals surface area contributed by atoms with Gasteiger partial charge in [-0.1, -0.05) is 23.7 Å². The van der Waals surface area contributed by atoms with Gasteiger partial charge in [0.2, 0.25) is 15.9 Å². The standard InChI is InChI=1S/C23H28ClN3O4S/c1-23(2,3)26-22(29)19-8-4-5-9-20(19)25-21(28)16-7-6-14-27(15-16)32(30,31)18-12-10-17(24)11-13-18/h4-5,8-13,16H,6-7,14-15H2,1-3H3,(H,25,28)(H,26,29)/t16-/m0/s1. The minimum Gasteiger partial charge on any atom is -0.347 e. The predicted molar refractivity (Wildman–Crippen MR) is 125 cm³/mol. The molecule has 0 saturated carbocycles. The van der Waals surface area contributed by atoms with Crippen LogP contribution >= 0.6 is 11.6 Å². The van der Waals surface area contributed by atoms with Gasteiger partial charge in [-0.25, -0.2) is 8.42 Å². The van der Waals surface area contributed by atoms with E-state index in [-0.39, 0.29) is 23.3 Å². The van der Waals surface area contributed by atoms with Crippen molar-refractivity contribution in [1.29, 1.82) is 0 Å². The monoisotopic (exact) mass is 477 g/mol. The van der Waals surface area contributed by atoms with E-state index in [0.717, 1.165) is 0 Å². The topological polar surface area (TPSA) is 95.6 Å². The van der Waals surface area contributed by atoms with Crippen molar-refractivity contribution in [3.63, 3.8) is 0 Å². The molecule has 9 heteroatoms. The highest BCUT2D eigenvalue weighted by Gasteiger charge is 2.33. The summed E-state index contributed by atoms with van der Waals surface area (Å²) in [5.74, 6) is -1.12.